The van der Waals surface area contributed by atoms with Crippen LogP contribution >= 0.6 is 0 Å². The minimum absolute atomic E-state index is 0. The van der Waals surface area contributed by atoms with Crippen molar-refractivity contribution >= 4 is 79.5 Å². The predicted molar refractivity (Wildman–Crippen MR) is 23.0 cm³/mol. The minimum Gasteiger partial charge on any atom is 0 e. The molecule has 4 heavy (non-hydrogen) atoms. The molecule has 0 heterocycles. The molecule has 0 aliphatic rings. The first-order chi connectivity index (χ1) is 0. The number of hydrogen-bond donors (Lipinski definition) is 0. The van der Waals surface area contributed by atoms with Crippen molar-refractivity contribution in [1.29, 1.82) is 0 Å². The molecule has 12 radical (unpaired) electrons. The molecule has 16 valence electrons. The van der Waals surface area contributed by atoms with Crippen LogP contribution in [0.4, 0.5) is 0 Å². The third-order valence-electron chi connectivity index (χ3n) is 0. The maximum atomic E-state index is 0. The van der Waals surface area contributed by atoms with Crippen molar-refractivity contribution in [2.45, 2.75) is 0 Å². The molecular formula is AlAsGaSb. The van der Waals surface area contributed by atoms with Gasteiger partial charge >= 0.3 is 0 Å². The summed E-state index contributed by atoms with van der Waals surface area (Å²) in [6.07, 6.45) is 0. The molecule has 0 saturated heterocycles. The van der Waals surface area contributed by atoms with Crippen molar-refractivity contribution in [3.8, 4) is 0 Å². The summed E-state index contributed by atoms with van der Waals surface area (Å²) in [5.41, 5.74) is 0. The van der Waals surface area contributed by atoms with E-state index in [0.717, 1.165) is 0 Å². The first kappa shape index (κ1) is 31.1. The maximum Gasteiger partial charge on any atom is 0 e. The predicted octanol–water partition coefficient (Wildman–Crippen LogP) is -1.52. The maximum absolute atomic E-state index is 0. The molecule has 0 unspecified atom stereocenters. The second-order valence-corrected chi connectivity index (χ2v) is 0. The Balaban J connectivity index is 0. The fourth-order valence-corrected chi connectivity index (χ4v) is 0. The molecule has 0 bridgehead atoms. The van der Waals surface area contributed by atoms with Gasteiger partial charge in [-0.2, -0.15) is 0 Å². The Morgan fingerprint density at radius 2 is 1.00 bits per heavy atom. The van der Waals surface area contributed by atoms with Gasteiger partial charge in [0.2, 0.25) is 0 Å². The Morgan fingerprint density at radius 3 is 1.00 bits per heavy atom. The second-order valence-electron chi connectivity index (χ2n) is 0. The Labute approximate surface area is 78.4 Å². The zero-order valence-corrected chi connectivity index (χ0v) is 10.1. The summed E-state index contributed by atoms with van der Waals surface area (Å²) in [7, 11) is 0. The number of rotatable bonds is 0. The van der Waals surface area contributed by atoms with Gasteiger partial charge in [0.05, 0.1) is 0 Å². The summed E-state index contributed by atoms with van der Waals surface area (Å²) in [5, 5.41) is 0. The molecular weight excluding hydrogens is 293 g/mol. The molecule has 0 fully saturated rings. The van der Waals surface area contributed by atoms with E-state index in [9.17, 15) is 0 Å². The molecule has 0 aromatic rings. The SMILES string of the molecule is [Al].[As].[Ga].[Sb]. The van der Waals surface area contributed by atoms with Gasteiger partial charge in [-0.15, -0.1) is 0 Å². The summed E-state index contributed by atoms with van der Waals surface area (Å²) in [6.45, 7) is 0. The average Bonchev–Trinajstić information content (AvgIpc) is 0. The van der Waals surface area contributed by atoms with Crippen LogP contribution in [-0.4, -0.2) is 79.5 Å². The Bertz CT molecular complexity index is 8.00. The largest absolute Gasteiger partial charge is 0 e. The van der Waals surface area contributed by atoms with Crippen molar-refractivity contribution in [2.24, 2.45) is 0 Å². The summed E-state index contributed by atoms with van der Waals surface area (Å²) in [6, 6.07) is 0. The normalized spacial score (nSPS) is 0. The van der Waals surface area contributed by atoms with Crippen LogP contribution in [0.15, 0.2) is 0 Å². The molecule has 0 aromatic heterocycles. The third kappa shape index (κ3) is 8.82. The van der Waals surface area contributed by atoms with E-state index in [1.807, 2.05) is 0 Å². The van der Waals surface area contributed by atoms with Crippen LogP contribution in [0.2, 0.25) is 0 Å². The van der Waals surface area contributed by atoms with Gasteiger partial charge in [0, 0.05) is 79.5 Å². The van der Waals surface area contributed by atoms with Crippen LogP contribution < -0.4 is 0 Å². The summed E-state index contributed by atoms with van der Waals surface area (Å²) in [4.78, 5) is 0. The van der Waals surface area contributed by atoms with Crippen LogP contribution in [-0.2, 0) is 0 Å². The molecule has 4 heteroatoms. The van der Waals surface area contributed by atoms with E-state index in [2.05, 4.69) is 0 Å². The monoisotopic (exact) mass is 292 g/mol. The molecule has 0 saturated carbocycles. The smallest absolute Gasteiger partial charge is 0 e. The van der Waals surface area contributed by atoms with E-state index >= 15 is 0 Å². The molecule has 0 aromatic carbocycles. The Morgan fingerprint density at radius 1 is 1.00 bits per heavy atom. The van der Waals surface area contributed by atoms with Gasteiger partial charge in [-0.1, -0.05) is 0 Å². The van der Waals surface area contributed by atoms with Crippen LogP contribution in [0.3, 0.4) is 0 Å². The first-order valence-electron chi connectivity index (χ1n) is 0. The van der Waals surface area contributed by atoms with Gasteiger partial charge in [-0.25, -0.2) is 0 Å². The fourth-order valence-electron chi connectivity index (χ4n) is 0. The Hall–Kier alpha value is 2.55. The van der Waals surface area contributed by atoms with E-state index in [-0.39, 0.29) is 79.5 Å². The molecule has 0 nitrogen and oxygen atoms in total. The van der Waals surface area contributed by atoms with Gasteiger partial charge in [0.25, 0.3) is 0 Å². The summed E-state index contributed by atoms with van der Waals surface area (Å²) in [5.74, 6) is 0. The average molecular weight is 293 g/mol. The van der Waals surface area contributed by atoms with Crippen molar-refractivity contribution < 1.29 is 0 Å². The third-order valence-corrected chi connectivity index (χ3v) is 0. The molecule has 0 aliphatic heterocycles. The quantitative estimate of drug-likeness (QED) is 0.476. The van der Waals surface area contributed by atoms with Crippen molar-refractivity contribution in [3.63, 3.8) is 0 Å². The summed E-state index contributed by atoms with van der Waals surface area (Å²) >= 11 is 0. The molecule has 0 amide bonds. The van der Waals surface area contributed by atoms with Gasteiger partial charge in [-0.3, -0.25) is 0 Å². The van der Waals surface area contributed by atoms with Crippen LogP contribution in [0.25, 0.3) is 0 Å². The van der Waals surface area contributed by atoms with Gasteiger partial charge in [0.1, 0.15) is 0 Å². The standard InChI is InChI=1S/Al.As.Ga.Sb. The molecule has 0 spiro atoms. The van der Waals surface area contributed by atoms with Gasteiger partial charge < -0.3 is 0 Å². The molecule has 0 aliphatic carbocycles. The first-order valence-corrected chi connectivity index (χ1v) is 0. The van der Waals surface area contributed by atoms with Crippen molar-refractivity contribution in [2.75, 3.05) is 0 Å². The topological polar surface area (TPSA) is 0 Å². The van der Waals surface area contributed by atoms with E-state index in [1.165, 1.54) is 0 Å². The second kappa shape index (κ2) is 17.7. The van der Waals surface area contributed by atoms with E-state index < -0.39 is 0 Å². The van der Waals surface area contributed by atoms with Gasteiger partial charge in [0.15, 0.2) is 0 Å². The zero-order chi connectivity index (χ0) is 0. The minimum atomic E-state index is 0. The van der Waals surface area contributed by atoms with E-state index in [4.69, 9.17) is 0 Å². The van der Waals surface area contributed by atoms with E-state index in [0.29, 0.717) is 0 Å². The summed E-state index contributed by atoms with van der Waals surface area (Å²) < 4.78 is 0. The van der Waals surface area contributed by atoms with Crippen LogP contribution in [0.1, 0.15) is 0 Å². The molecule has 0 N–H and O–H groups in total. The van der Waals surface area contributed by atoms with Crippen molar-refractivity contribution in [3.05, 3.63) is 0 Å². The van der Waals surface area contributed by atoms with E-state index in [1.54, 1.807) is 0 Å². The van der Waals surface area contributed by atoms with Crippen LogP contribution in [0.5, 0.6) is 0 Å². The zero-order valence-electron chi connectivity index (χ0n) is 2.05. The Kier molecular flexibility index (Phi) is 137. The van der Waals surface area contributed by atoms with Crippen LogP contribution in [0, 0.1) is 0 Å². The van der Waals surface area contributed by atoms with Gasteiger partial charge in [-0.05, 0) is 0 Å². The molecule has 0 rings (SSSR count). The molecule has 0 atom stereocenters. The number of hydrogen-bond acceptors (Lipinski definition) is 0. The fraction of sp³-hybridized carbons (Fsp3) is 0. The van der Waals surface area contributed by atoms with Crippen molar-refractivity contribution in [1.82, 2.24) is 0 Å².